The number of thioether (sulfide) groups is 1. The summed E-state index contributed by atoms with van der Waals surface area (Å²) < 4.78 is 27.5. The summed E-state index contributed by atoms with van der Waals surface area (Å²) in [5, 5.41) is 47.5. The topological polar surface area (TPSA) is 151 Å². The minimum absolute atomic E-state index is 0.226. The van der Waals surface area contributed by atoms with Crippen LogP contribution in [0, 0.1) is 23.6 Å². The molecule has 11 nitrogen and oxygen atoms in total. The largest absolute Gasteiger partial charge is 0.388 e. The molecule has 45 heavy (non-hydrogen) atoms. The third kappa shape index (κ3) is 7.29. The van der Waals surface area contributed by atoms with Crippen molar-refractivity contribution in [1.82, 2.24) is 25.6 Å². The number of hydrogen-bond acceptors (Lipinski definition) is 10. The Morgan fingerprint density at radius 3 is 2.69 bits per heavy atom. The SMILES string of the molecule is CC(C)CC1CCOC2C(CNC2C(=O)N[C@@H]2C/C=C\C[C@@H](c3cn(-c4ccc(F)cc4)nn3)S[C@H]3O[C@H]2[C@H](O)[C@H](O)[C@H]3O)C1. The van der Waals surface area contributed by atoms with Gasteiger partial charge < -0.3 is 35.4 Å². The first-order chi connectivity index (χ1) is 21.7. The summed E-state index contributed by atoms with van der Waals surface area (Å²) in [4.78, 5) is 13.7. The molecule has 4 aliphatic heterocycles. The van der Waals surface area contributed by atoms with E-state index >= 15 is 0 Å². The molecule has 2 bridgehead atoms. The highest BCUT2D eigenvalue weighted by Gasteiger charge is 2.49. The predicted molar refractivity (Wildman–Crippen MR) is 166 cm³/mol. The summed E-state index contributed by atoms with van der Waals surface area (Å²) in [5.41, 5.74) is 0.361. The lowest BCUT2D eigenvalue weighted by Crippen LogP contribution is -2.64. The van der Waals surface area contributed by atoms with Gasteiger partial charge >= 0.3 is 0 Å². The summed E-state index contributed by atoms with van der Waals surface area (Å²) in [5.74, 6) is 0.872. The molecule has 0 saturated carbocycles. The standard InChI is InChI=1S/C32H44FN5O6S/c1-17(2)13-18-11-12-43-29-19(14-18)15-34-25(29)31(42)35-22-5-3-4-6-24(45-32-28(41)26(39)27(40)30(22)44-32)23-16-38(37-36-23)21-9-7-20(33)8-10-21/h3-4,7-10,16-19,22,24-30,32,34,39-41H,5-6,11-15H2,1-2H3,(H,35,42)/b4-3-/t18?,19?,22-,24+,25?,26+,27-,28-,29?,30-,32-/m1/s1. The van der Waals surface area contributed by atoms with E-state index in [1.54, 1.807) is 23.0 Å². The summed E-state index contributed by atoms with van der Waals surface area (Å²) in [6.45, 7) is 5.81. The third-order valence-corrected chi connectivity index (χ3v) is 10.8. The highest BCUT2D eigenvalue weighted by atomic mass is 32.2. The predicted octanol–water partition coefficient (Wildman–Crippen LogP) is 2.25. The van der Waals surface area contributed by atoms with Crippen molar-refractivity contribution in [3.05, 3.63) is 54.1 Å². The van der Waals surface area contributed by atoms with Crippen LogP contribution in [0.3, 0.4) is 0 Å². The van der Waals surface area contributed by atoms with Gasteiger partial charge in [-0.1, -0.05) is 31.2 Å². The molecule has 6 rings (SSSR count). The Morgan fingerprint density at radius 2 is 1.91 bits per heavy atom. The van der Waals surface area contributed by atoms with Gasteiger partial charge in [-0.05, 0) is 74.1 Å². The van der Waals surface area contributed by atoms with Crippen LogP contribution >= 0.6 is 11.8 Å². The van der Waals surface area contributed by atoms with Gasteiger partial charge in [-0.3, -0.25) is 4.79 Å². The van der Waals surface area contributed by atoms with Crippen LogP contribution in [-0.4, -0.2) is 97.4 Å². The molecule has 0 radical (unpaired) electrons. The third-order valence-electron chi connectivity index (χ3n) is 9.42. The summed E-state index contributed by atoms with van der Waals surface area (Å²) in [6, 6.07) is 4.73. The number of allylic oxidation sites excluding steroid dienone is 1. The second-order valence-corrected chi connectivity index (χ2v) is 14.5. The molecule has 0 aliphatic carbocycles. The van der Waals surface area contributed by atoms with E-state index in [2.05, 4.69) is 34.8 Å². The van der Waals surface area contributed by atoms with Gasteiger partial charge in [0.15, 0.2) is 0 Å². The van der Waals surface area contributed by atoms with Crippen LogP contribution in [0.1, 0.15) is 56.9 Å². The van der Waals surface area contributed by atoms with Crippen molar-refractivity contribution in [3.8, 4) is 5.69 Å². The number of benzene rings is 1. The Morgan fingerprint density at radius 1 is 1.13 bits per heavy atom. The van der Waals surface area contributed by atoms with E-state index in [0.717, 1.165) is 19.3 Å². The van der Waals surface area contributed by atoms with Crippen molar-refractivity contribution in [3.63, 3.8) is 0 Å². The van der Waals surface area contributed by atoms with Gasteiger partial charge in [0.1, 0.15) is 41.7 Å². The highest BCUT2D eigenvalue weighted by molar-refractivity contribution is 8.00. The highest BCUT2D eigenvalue weighted by Crippen LogP contribution is 2.41. The van der Waals surface area contributed by atoms with E-state index < -0.39 is 41.9 Å². The number of ether oxygens (including phenoxy) is 2. The van der Waals surface area contributed by atoms with Crippen molar-refractivity contribution in [2.75, 3.05) is 13.2 Å². The molecule has 1 amide bonds. The number of carbonyl (C=O) groups is 1. The number of carbonyl (C=O) groups excluding carboxylic acids is 1. The van der Waals surface area contributed by atoms with Crippen LogP contribution in [0.15, 0.2) is 42.6 Å². The second kappa shape index (κ2) is 14.2. The van der Waals surface area contributed by atoms with Crippen LogP contribution < -0.4 is 10.6 Å². The minimum atomic E-state index is -1.48. The Hall–Kier alpha value is -2.39. The Labute approximate surface area is 266 Å². The van der Waals surface area contributed by atoms with E-state index in [-0.39, 0.29) is 29.0 Å². The smallest absolute Gasteiger partial charge is 0.240 e. The summed E-state index contributed by atoms with van der Waals surface area (Å²) >= 11 is 1.27. The lowest BCUT2D eigenvalue weighted by molar-refractivity contribution is -0.205. The number of amides is 1. The molecule has 2 aromatic rings. The number of nitrogens with one attached hydrogen (secondary N) is 2. The maximum absolute atomic E-state index is 13.7. The molecule has 3 saturated heterocycles. The maximum Gasteiger partial charge on any atom is 0.240 e. The van der Waals surface area contributed by atoms with Gasteiger partial charge in [0.2, 0.25) is 5.91 Å². The number of halogens is 1. The fourth-order valence-electron chi connectivity index (χ4n) is 7.15. The molecule has 13 heteroatoms. The number of aromatic nitrogens is 3. The van der Waals surface area contributed by atoms with Crippen LogP contribution in [0.4, 0.5) is 4.39 Å². The second-order valence-electron chi connectivity index (χ2n) is 13.2. The Balaban J connectivity index is 1.17. The van der Waals surface area contributed by atoms with Crippen molar-refractivity contribution in [2.24, 2.45) is 17.8 Å². The zero-order chi connectivity index (χ0) is 31.7. The first-order valence-corrected chi connectivity index (χ1v) is 17.0. The molecule has 246 valence electrons. The summed E-state index contributed by atoms with van der Waals surface area (Å²) in [6.07, 6.45) is 4.24. The molecule has 1 aromatic carbocycles. The van der Waals surface area contributed by atoms with Gasteiger partial charge in [0.25, 0.3) is 0 Å². The molecule has 1 aromatic heterocycles. The number of rotatable bonds is 6. The molecule has 0 spiro atoms. The van der Waals surface area contributed by atoms with E-state index in [9.17, 15) is 24.5 Å². The van der Waals surface area contributed by atoms with Crippen molar-refractivity contribution >= 4 is 17.7 Å². The molecule has 11 atom stereocenters. The van der Waals surface area contributed by atoms with Crippen molar-refractivity contribution in [1.29, 1.82) is 0 Å². The van der Waals surface area contributed by atoms with E-state index in [1.165, 1.54) is 23.9 Å². The number of aliphatic hydroxyl groups is 3. The number of fused-ring (bicyclic) bond motifs is 3. The molecular formula is C32H44FN5O6S. The average molecular weight is 646 g/mol. The number of aliphatic hydroxyl groups excluding tert-OH is 3. The number of nitrogens with zero attached hydrogens (tertiary/aromatic N) is 3. The lowest BCUT2D eigenvalue weighted by atomic mass is 9.85. The van der Waals surface area contributed by atoms with Gasteiger partial charge in [0.05, 0.1) is 35.0 Å². The molecule has 5 N–H and O–H groups in total. The van der Waals surface area contributed by atoms with Gasteiger partial charge in [0, 0.05) is 13.2 Å². The Bertz CT molecular complexity index is 1330. The minimum Gasteiger partial charge on any atom is -0.388 e. The van der Waals surface area contributed by atoms with E-state index in [0.29, 0.717) is 49.2 Å². The van der Waals surface area contributed by atoms with Gasteiger partial charge in [-0.2, -0.15) is 0 Å². The van der Waals surface area contributed by atoms with Crippen molar-refractivity contribution < 1.29 is 34.0 Å². The van der Waals surface area contributed by atoms with Crippen LogP contribution in [-0.2, 0) is 14.3 Å². The van der Waals surface area contributed by atoms with Crippen molar-refractivity contribution in [2.45, 2.75) is 99.2 Å². The lowest BCUT2D eigenvalue weighted by Gasteiger charge is -2.44. The van der Waals surface area contributed by atoms with E-state index in [4.69, 9.17) is 9.47 Å². The van der Waals surface area contributed by atoms with Crippen LogP contribution in [0.25, 0.3) is 5.69 Å². The monoisotopic (exact) mass is 645 g/mol. The fraction of sp³-hybridized carbons (Fsp3) is 0.656. The molecule has 5 heterocycles. The normalized spacial score (nSPS) is 37.9. The average Bonchev–Trinajstić information content (AvgIpc) is 3.61. The zero-order valence-corrected chi connectivity index (χ0v) is 26.4. The van der Waals surface area contributed by atoms with Crippen LogP contribution in [0.5, 0.6) is 0 Å². The van der Waals surface area contributed by atoms with Gasteiger partial charge in [-0.15, -0.1) is 16.9 Å². The quantitative estimate of drug-likeness (QED) is 0.296. The van der Waals surface area contributed by atoms with Crippen LogP contribution in [0.2, 0.25) is 0 Å². The van der Waals surface area contributed by atoms with E-state index in [1.807, 2.05) is 12.2 Å². The number of hydrogen-bond donors (Lipinski definition) is 5. The first kappa shape index (κ1) is 32.5. The molecule has 4 aliphatic rings. The maximum atomic E-state index is 13.7. The fourth-order valence-corrected chi connectivity index (χ4v) is 8.46. The van der Waals surface area contributed by atoms with Gasteiger partial charge in [-0.25, -0.2) is 9.07 Å². The Kier molecular flexibility index (Phi) is 10.2. The molecular weight excluding hydrogens is 601 g/mol. The summed E-state index contributed by atoms with van der Waals surface area (Å²) in [7, 11) is 0. The molecule has 3 fully saturated rings. The zero-order valence-electron chi connectivity index (χ0n) is 25.6. The first-order valence-electron chi connectivity index (χ1n) is 16.0. The molecule has 4 unspecified atom stereocenters.